The van der Waals surface area contributed by atoms with Gasteiger partial charge in [0, 0.05) is 0 Å². The van der Waals surface area contributed by atoms with Crippen LogP contribution < -0.4 is 13.8 Å². The molecule has 0 aliphatic heterocycles. The van der Waals surface area contributed by atoms with Gasteiger partial charge in [-0.2, -0.15) is 0 Å². The average Bonchev–Trinajstić information content (AvgIpc) is 2.39. The van der Waals surface area contributed by atoms with Crippen LogP contribution in [0.15, 0.2) is 30.3 Å². The van der Waals surface area contributed by atoms with E-state index in [0.717, 1.165) is 14.9 Å². The van der Waals surface area contributed by atoms with Crippen molar-refractivity contribution in [2.75, 3.05) is 33.1 Å². The summed E-state index contributed by atoms with van der Waals surface area (Å²) in [6.07, 6.45) is 0. The normalized spacial score (nSPS) is 10.2. The zero-order chi connectivity index (χ0) is 13.1. The molecule has 5 heteroatoms. The Morgan fingerprint density at radius 1 is 1.06 bits per heavy atom. The number of hydrogen-bond donors (Lipinski definition) is 0. The molecule has 1 aromatic carbocycles. The van der Waals surface area contributed by atoms with E-state index in [1.54, 1.807) is 0 Å². The van der Waals surface area contributed by atoms with Crippen LogP contribution in [0.25, 0.3) is 10.1 Å². The molecule has 18 heavy (non-hydrogen) atoms. The molecule has 0 unspecified atom stereocenters. The fourth-order valence-corrected chi connectivity index (χ4v) is 3.24. The summed E-state index contributed by atoms with van der Waals surface area (Å²) in [5.74, 6) is 0.769. The van der Waals surface area contributed by atoms with Gasteiger partial charge < -0.3 is 0 Å². The van der Waals surface area contributed by atoms with Crippen LogP contribution >= 0.6 is 0 Å². The van der Waals surface area contributed by atoms with E-state index in [1.165, 1.54) is 5.56 Å². The van der Waals surface area contributed by atoms with Gasteiger partial charge in [0.2, 0.25) is 0 Å². The van der Waals surface area contributed by atoms with E-state index in [9.17, 15) is 0 Å². The van der Waals surface area contributed by atoms with Gasteiger partial charge in [0.1, 0.15) is 0 Å². The fourth-order valence-electron chi connectivity index (χ4n) is 1.43. The number of benzene rings is 1. The summed E-state index contributed by atoms with van der Waals surface area (Å²) in [6.45, 7) is 0. The summed E-state index contributed by atoms with van der Waals surface area (Å²) >= 11 is 0.157. The van der Waals surface area contributed by atoms with Crippen molar-refractivity contribution in [1.82, 2.24) is 14.5 Å². The monoisotopic (exact) mass is 309 g/mol. The first-order chi connectivity index (χ1) is 8.58. The van der Waals surface area contributed by atoms with Gasteiger partial charge in [0.15, 0.2) is 0 Å². The zero-order valence-electron chi connectivity index (χ0n) is 11.1. The maximum absolute atomic E-state index is 4.66. The van der Waals surface area contributed by atoms with Gasteiger partial charge in [-0.05, 0) is 0 Å². The minimum atomic E-state index is 0.157. The van der Waals surface area contributed by atoms with Gasteiger partial charge in [0.25, 0.3) is 0 Å². The molecular formula is C13H17N4Se+. The molecule has 2 aromatic rings. The molecular weight excluding hydrogens is 291 g/mol. The molecule has 0 amide bonds. The van der Waals surface area contributed by atoms with Crippen LogP contribution in [0, 0.1) is 0 Å². The standard InChI is InChI=1S/C13H17N4Se/c1-16(2)12-14-11(10-8-6-5-7-9-10)18-13(15-12)17(3)4/h5-9H,1-4H3/q+1. The number of anilines is 1. The Morgan fingerprint density at radius 3 is 2.28 bits per heavy atom. The number of nitrogens with zero attached hydrogens (tertiary/aromatic N) is 4. The Labute approximate surface area is 113 Å². The number of rotatable bonds is 2. The number of aromatic nitrogens is 2. The van der Waals surface area contributed by atoms with Crippen molar-refractivity contribution < 1.29 is 0 Å². The Morgan fingerprint density at radius 2 is 1.72 bits per heavy atom. The first-order valence-corrected chi connectivity index (χ1v) is 7.41. The summed E-state index contributed by atoms with van der Waals surface area (Å²) in [6, 6.07) is 10.3. The summed E-state index contributed by atoms with van der Waals surface area (Å²) in [5.41, 5.74) is 1.19. The summed E-state index contributed by atoms with van der Waals surface area (Å²) in [7, 11) is 8.00. The second-order valence-corrected chi connectivity index (χ2v) is 6.37. The molecule has 0 radical (unpaired) electrons. The van der Waals surface area contributed by atoms with E-state index in [2.05, 4.69) is 26.7 Å². The Bertz CT molecular complexity index is 598. The summed E-state index contributed by atoms with van der Waals surface area (Å²) in [4.78, 5) is 11.2. The molecule has 0 saturated heterocycles. The van der Waals surface area contributed by atoms with Crippen molar-refractivity contribution in [2.45, 2.75) is 0 Å². The third kappa shape index (κ3) is 2.86. The van der Waals surface area contributed by atoms with Gasteiger partial charge in [-0.25, -0.2) is 0 Å². The molecule has 1 heterocycles. The topological polar surface area (TPSA) is 32.0 Å². The molecule has 0 fully saturated rings. The van der Waals surface area contributed by atoms with Crippen molar-refractivity contribution in [2.24, 2.45) is 0 Å². The fraction of sp³-hybridized carbons (Fsp3) is 0.308. The van der Waals surface area contributed by atoms with Crippen LogP contribution in [-0.4, -0.2) is 52.7 Å². The van der Waals surface area contributed by atoms with E-state index in [1.807, 2.05) is 51.3 Å². The SMILES string of the molecule is CN(C)c1nc(-c2ccccc2)[se]c(=[N+](C)C)n1. The van der Waals surface area contributed by atoms with E-state index >= 15 is 0 Å². The third-order valence-electron chi connectivity index (χ3n) is 2.39. The van der Waals surface area contributed by atoms with Crippen LogP contribution in [0.2, 0.25) is 0 Å². The van der Waals surface area contributed by atoms with E-state index < -0.39 is 0 Å². The molecule has 0 spiro atoms. The van der Waals surface area contributed by atoms with Crippen LogP contribution in [0.5, 0.6) is 0 Å². The van der Waals surface area contributed by atoms with E-state index in [-0.39, 0.29) is 14.5 Å². The van der Waals surface area contributed by atoms with Crippen LogP contribution in [-0.2, 0) is 0 Å². The third-order valence-corrected chi connectivity index (χ3v) is 4.82. The van der Waals surface area contributed by atoms with Crippen molar-refractivity contribution >= 4 is 20.5 Å². The quantitative estimate of drug-likeness (QED) is 0.591. The molecule has 0 atom stereocenters. The molecule has 4 nitrogen and oxygen atoms in total. The van der Waals surface area contributed by atoms with Crippen LogP contribution in [0.3, 0.4) is 0 Å². The first-order valence-electron chi connectivity index (χ1n) is 5.70. The molecule has 1 aromatic heterocycles. The van der Waals surface area contributed by atoms with Crippen LogP contribution in [0.1, 0.15) is 0 Å². The second-order valence-electron chi connectivity index (χ2n) is 4.37. The van der Waals surface area contributed by atoms with Gasteiger partial charge in [-0.15, -0.1) is 0 Å². The summed E-state index contributed by atoms with van der Waals surface area (Å²) < 4.78 is 4.30. The molecule has 0 N–H and O–H groups in total. The second kappa shape index (κ2) is 5.46. The predicted molar refractivity (Wildman–Crippen MR) is 75.9 cm³/mol. The average molecular weight is 308 g/mol. The van der Waals surface area contributed by atoms with Crippen LogP contribution in [0.4, 0.5) is 5.95 Å². The van der Waals surface area contributed by atoms with Gasteiger partial charge in [-0.1, -0.05) is 0 Å². The Hall–Kier alpha value is -1.45. The van der Waals surface area contributed by atoms with Crippen molar-refractivity contribution in [3.63, 3.8) is 0 Å². The Kier molecular flexibility index (Phi) is 3.94. The molecule has 0 saturated carbocycles. The molecule has 0 aliphatic rings. The van der Waals surface area contributed by atoms with Crippen molar-refractivity contribution in [3.8, 4) is 10.1 Å². The molecule has 0 bridgehead atoms. The van der Waals surface area contributed by atoms with Gasteiger partial charge >= 0.3 is 113 Å². The predicted octanol–water partition coefficient (Wildman–Crippen LogP) is 0.298. The molecule has 2 rings (SSSR count). The van der Waals surface area contributed by atoms with E-state index in [4.69, 9.17) is 0 Å². The maximum atomic E-state index is 4.66. The minimum absolute atomic E-state index is 0.157. The number of hydrogen-bond acceptors (Lipinski definition) is 3. The van der Waals surface area contributed by atoms with Crippen molar-refractivity contribution in [3.05, 3.63) is 34.7 Å². The van der Waals surface area contributed by atoms with E-state index in [0.29, 0.717) is 0 Å². The Balaban J connectivity index is 2.66. The molecule has 0 aliphatic carbocycles. The summed E-state index contributed by atoms with van der Waals surface area (Å²) in [5, 5.41) is 0. The zero-order valence-corrected chi connectivity index (χ0v) is 12.8. The molecule has 94 valence electrons. The first kappa shape index (κ1) is 13.0. The van der Waals surface area contributed by atoms with Crippen molar-refractivity contribution in [1.29, 1.82) is 0 Å². The van der Waals surface area contributed by atoms with Gasteiger partial charge in [0.05, 0.1) is 0 Å². The van der Waals surface area contributed by atoms with Gasteiger partial charge in [-0.3, -0.25) is 0 Å².